The van der Waals surface area contributed by atoms with Gasteiger partial charge in [-0.25, -0.2) is 0 Å². The van der Waals surface area contributed by atoms with Gasteiger partial charge in [0.25, 0.3) is 0 Å². The van der Waals surface area contributed by atoms with Crippen LogP contribution in [0.1, 0.15) is 30.4 Å². The van der Waals surface area contributed by atoms with Crippen molar-refractivity contribution in [3.63, 3.8) is 0 Å². The van der Waals surface area contributed by atoms with Gasteiger partial charge in [0, 0.05) is 69.7 Å². The first-order valence-electron chi connectivity index (χ1n) is 11.0. The maximum absolute atomic E-state index is 13.3. The molecule has 2 saturated heterocycles. The highest BCUT2D eigenvalue weighted by atomic mass is 35.5. The molecule has 0 spiro atoms. The van der Waals surface area contributed by atoms with Gasteiger partial charge in [0.15, 0.2) is 0 Å². The topological polar surface area (TPSA) is 56.8 Å². The minimum Gasteiger partial charge on any atom is -0.341 e. The lowest BCUT2D eigenvalue weighted by Crippen LogP contribution is -2.47. The summed E-state index contributed by atoms with van der Waals surface area (Å²) in [5, 5.41) is 0.681. The molecule has 0 radical (unpaired) electrons. The molecule has 0 bridgehead atoms. The van der Waals surface area contributed by atoms with E-state index in [9.17, 15) is 9.59 Å². The van der Waals surface area contributed by atoms with Crippen LogP contribution in [0.5, 0.6) is 0 Å². The van der Waals surface area contributed by atoms with Gasteiger partial charge in [0.05, 0.1) is 5.92 Å². The number of hydrogen-bond donors (Lipinski definition) is 0. The lowest BCUT2D eigenvalue weighted by atomic mass is 9.95. The Balaban J connectivity index is 1.32. The van der Waals surface area contributed by atoms with Crippen molar-refractivity contribution in [2.75, 3.05) is 32.7 Å². The minimum atomic E-state index is -0.116. The summed E-state index contributed by atoms with van der Waals surface area (Å²) in [7, 11) is 0. The summed E-state index contributed by atoms with van der Waals surface area (Å²) in [6.45, 7) is 5.24. The first-order valence-corrected chi connectivity index (χ1v) is 11.4. The average molecular weight is 441 g/mol. The maximum Gasteiger partial charge on any atom is 0.227 e. The fraction of sp³-hybridized carbons (Fsp3) is 0.458. The zero-order valence-electron chi connectivity index (χ0n) is 17.8. The summed E-state index contributed by atoms with van der Waals surface area (Å²) in [6.07, 6.45) is 5.74. The summed E-state index contributed by atoms with van der Waals surface area (Å²) in [5.41, 5.74) is 2.23. The van der Waals surface area contributed by atoms with Crippen molar-refractivity contribution in [1.82, 2.24) is 19.7 Å². The monoisotopic (exact) mass is 440 g/mol. The molecule has 164 valence electrons. The number of amides is 2. The highest BCUT2D eigenvalue weighted by Gasteiger charge is 2.33. The Morgan fingerprint density at radius 3 is 2.65 bits per heavy atom. The third kappa shape index (κ3) is 5.83. The second kappa shape index (κ2) is 10.2. The van der Waals surface area contributed by atoms with E-state index >= 15 is 0 Å². The zero-order valence-corrected chi connectivity index (χ0v) is 18.5. The van der Waals surface area contributed by atoms with E-state index in [2.05, 4.69) is 16.0 Å². The Morgan fingerprint density at radius 1 is 1.03 bits per heavy atom. The Hall–Kier alpha value is -2.44. The van der Waals surface area contributed by atoms with E-state index in [0.29, 0.717) is 31.0 Å². The maximum atomic E-state index is 13.3. The van der Waals surface area contributed by atoms with Gasteiger partial charge in [0.1, 0.15) is 0 Å². The summed E-state index contributed by atoms with van der Waals surface area (Å²) in [6, 6.07) is 11.6. The smallest absolute Gasteiger partial charge is 0.227 e. The largest absolute Gasteiger partial charge is 0.341 e. The molecule has 0 N–H and O–H groups in total. The van der Waals surface area contributed by atoms with E-state index in [1.54, 1.807) is 6.20 Å². The van der Waals surface area contributed by atoms with Crippen LogP contribution >= 0.6 is 11.6 Å². The molecule has 1 aromatic carbocycles. The van der Waals surface area contributed by atoms with Crippen LogP contribution in [0, 0.1) is 5.92 Å². The molecule has 3 heterocycles. The highest BCUT2D eigenvalue weighted by Crippen LogP contribution is 2.23. The van der Waals surface area contributed by atoms with E-state index in [1.807, 2.05) is 46.3 Å². The van der Waals surface area contributed by atoms with Crippen LogP contribution in [0.25, 0.3) is 0 Å². The van der Waals surface area contributed by atoms with Gasteiger partial charge in [-0.2, -0.15) is 0 Å². The number of hydrogen-bond acceptors (Lipinski definition) is 4. The van der Waals surface area contributed by atoms with Gasteiger partial charge in [-0.15, -0.1) is 0 Å². The van der Waals surface area contributed by atoms with Crippen LogP contribution in [0.15, 0.2) is 48.8 Å². The summed E-state index contributed by atoms with van der Waals surface area (Å²) < 4.78 is 0. The molecule has 4 rings (SSSR count). The van der Waals surface area contributed by atoms with Crippen LogP contribution in [0.4, 0.5) is 0 Å². The predicted octanol–water partition coefficient (Wildman–Crippen LogP) is 3.21. The van der Waals surface area contributed by atoms with E-state index in [-0.39, 0.29) is 17.7 Å². The van der Waals surface area contributed by atoms with Crippen LogP contribution in [-0.4, -0.2) is 64.2 Å². The number of carbonyl (C=O) groups excluding carboxylic acids is 2. The number of pyridine rings is 1. The molecule has 2 fully saturated rings. The Labute approximate surface area is 188 Å². The van der Waals surface area contributed by atoms with Gasteiger partial charge in [0.2, 0.25) is 11.8 Å². The minimum absolute atomic E-state index is 0.116. The van der Waals surface area contributed by atoms with Crippen molar-refractivity contribution in [3.05, 3.63) is 64.9 Å². The first kappa shape index (κ1) is 21.8. The van der Waals surface area contributed by atoms with Gasteiger partial charge in [-0.3, -0.25) is 19.5 Å². The van der Waals surface area contributed by atoms with Crippen molar-refractivity contribution in [3.8, 4) is 0 Å². The van der Waals surface area contributed by atoms with Crippen molar-refractivity contribution >= 4 is 23.4 Å². The van der Waals surface area contributed by atoms with Crippen LogP contribution < -0.4 is 0 Å². The second-order valence-electron chi connectivity index (χ2n) is 8.45. The highest BCUT2D eigenvalue weighted by molar-refractivity contribution is 6.30. The average Bonchev–Trinajstić information content (AvgIpc) is 3.02. The first-order chi connectivity index (χ1) is 15.1. The predicted molar refractivity (Wildman–Crippen MR) is 120 cm³/mol. The van der Waals surface area contributed by atoms with Crippen molar-refractivity contribution in [2.45, 2.75) is 32.4 Å². The van der Waals surface area contributed by atoms with Gasteiger partial charge in [-0.1, -0.05) is 29.8 Å². The third-order valence-corrected chi connectivity index (χ3v) is 6.42. The lowest BCUT2D eigenvalue weighted by molar-refractivity contribution is -0.143. The van der Waals surface area contributed by atoms with Crippen molar-refractivity contribution in [1.29, 1.82) is 0 Å². The number of piperidine rings is 1. The fourth-order valence-electron chi connectivity index (χ4n) is 4.44. The van der Waals surface area contributed by atoms with Gasteiger partial charge < -0.3 is 9.80 Å². The number of aromatic nitrogens is 1. The van der Waals surface area contributed by atoms with E-state index in [4.69, 9.17) is 11.6 Å². The number of carbonyl (C=O) groups is 2. The molecule has 2 amide bonds. The zero-order chi connectivity index (χ0) is 21.6. The van der Waals surface area contributed by atoms with Crippen LogP contribution in [-0.2, 0) is 22.7 Å². The third-order valence-electron chi connectivity index (χ3n) is 6.17. The second-order valence-corrected chi connectivity index (χ2v) is 8.89. The van der Waals surface area contributed by atoms with Crippen molar-refractivity contribution in [2.24, 2.45) is 5.92 Å². The molecule has 31 heavy (non-hydrogen) atoms. The number of nitrogens with zero attached hydrogens (tertiary/aromatic N) is 4. The standard InChI is InChI=1S/C24H29ClN4O2/c25-22-7-4-19(5-8-22)17-29-18-21(6-9-23(29)30)24(31)28-12-2-11-27(13-14-28)16-20-3-1-10-26-15-20/h1,3-5,7-8,10,15,21H,2,6,9,11-14,16-18H2/t21-/m1/s1. The van der Waals surface area contributed by atoms with Crippen LogP contribution in [0.3, 0.4) is 0 Å². The number of rotatable bonds is 5. The van der Waals surface area contributed by atoms with Gasteiger partial charge >= 0.3 is 0 Å². The molecule has 7 heteroatoms. The Bertz CT molecular complexity index is 890. The molecule has 0 saturated carbocycles. The van der Waals surface area contributed by atoms with Crippen molar-refractivity contribution < 1.29 is 9.59 Å². The summed E-state index contributed by atoms with van der Waals surface area (Å²) in [4.78, 5) is 36.1. The van der Waals surface area contributed by atoms with Crippen LogP contribution in [0.2, 0.25) is 5.02 Å². The SMILES string of the molecule is O=C1CC[C@@H](C(=O)N2CCCN(Cc3cccnc3)CC2)CN1Cc1ccc(Cl)cc1. The van der Waals surface area contributed by atoms with E-state index < -0.39 is 0 Å². The summed E-state index contributed by atoms with van der Waals surface area (Å²) >= 11 is 5.97. The fourth-order valence-corrected chi connectivity index (χ4v) is 4.56. The lowest BCUT2D eigenvalue weighted by Gasteiger charge is -2.34. The van der Waals surface area contributed by atoms with Gasteiger partial charge in [-0.05, 0) is 42.2 Å². The quantitative estimate of drug-likeness (QED) is 0.716. The molecule has 0 unspecified atom stereocenters. The normalized spacial score (nSPS) is 20.5. The summed E-state index contributed by atoms with van der Waals surface area (Å²) in [5.74, 6) is 0.198. The molecule has 1 atom stereocenters. The number of likely N-dealkylation sites (tertiary alicyclic amines) is 1. The molecule has 1 aromatic heterocycles. The molecular weight excluding hydrogens is 412 g/mol. The molecular formula is C24H29ClN4O2. The number of halogens is 1. The molecule has 2 aromatic rings. The molecule has 6 nitrogen and oxygen atoms in total. The molecule has 2 aliphatic heterocycles. The molecule has 0 aliphatic carbocycles. The Kier molecular flexibility index (Phi) is 7.20. The number of benzene rings is 1. The Morgan fingerprint density at radius 2 is 1.87 bits per heavy atom. The van der Waals surface area contributed by atoms with E-state index in [1.165, 1.54) is 5.56 Å². The molecule has 2 aliphatic rings. The van der Waals surface area contributed by atoms with E-state index in [0.717, 1.165) is 44.7 Å².